The van der Waals surface area contributed by atoms with E-state index >= 15 is 0 Å². The minimum Gasteiger partial charge on any atom is -0.383 e. The Morgan fingerprint density at radius 2 is 2.00 bits per heavy atom. The van der Waals surface area contributed by atoms with Gasteiger partial charge in [0.1, 0.15) is 0 Å². The summed E-state index contributed by atoms with van der Waals surface area (Å²) in [7, 11) is 1.63. The highest BCUT2D eigenvalue weighted by Crippen LogP contribution is 2.11. The van der Waals surface area contributed by atoms with E-state index in [4.69, 9.17) is 4.74 Å². The standard InChI is InChI=1S/C16H17IN2O2/c1-21-11-10-19(12-15-4-2-3-9-18-15)16(20)13-5-7-14(17)8-6-13/h2-9H,10-12H2,1H3. The Bertz CT molecular complexity index is 573. The van der Waals surface area contributed by atoms with Crippen molar-refractivity contribution in [1.82, 2.24) is 9.88 Å². The molecule has 0 aliphatic carbocycles. The van der Waals surface area contributed by atoms with Crippen molar-refractivity contribution >= 4 is 28.5 Å². The van der Waals surface area contributed by atoms with E-state index in [1.807, 2.05) is 42.5 Å². The van der Waals surface area contributed by atoms with E-state index < -0.39 is 0 Å². The first-order chi connectivity index (χ1) is 10.2. The van der Waals surface area contributed by atoms with Gasteiger partial charge in [0.25, 0.3) is 5.91 Å². The number of amides is 1. The Kier molecular flexibility index (Phi) is 6.13. The highest BCUT2D eigenvalue weighted by atomic mass is 127. The molecule has 4 nitrogen and oxygen atoms in total. The topological polar surface area (TPSA) is 42.4 Å². The lowest BCUT2D eigenvalue weighted by Gasteiger charge is -2.22. The number of ether oxygens (including phenoxy) is 1. The van der Waals surface area contributed by atoms with Gasteiger partial charge < -0.3 is 9.64 Å². The molecule has 0 N–H and O–H groups in total. The fourth-order valence-corrected chi connectivity index (χ4v) is 2.28. The lowest BCUT2D eigenvalue weighted by Crippen LogP contribution is -2.33. The molecule has 0 aliphatic heterocycles. The van der Waals surface area contributed by atoms with E-state index in [-0.39, 0.29) is 5.91 Å². The van der Waals surface area contributed by atoms with Crippen LogP contribution in [-0.4, -0.2) is 36.1 Å². The number of aromatic nitrogens is 1. The van der Waals surface area contributed by atoms with Gasteiger partial charge in [-0.15, -0.1) is 0 Å². The molecule has 21 heavy (non-hydrogen) atoms. The Morgan fingerprint density at radius 3 is 2.62 bits per heavy atom. The molecule has 2 rings (SSSR count). The van der Waals surface area contributed by atoms with Crippen LogP contribution in [-0.2, 0) is 11.3 Å². The highest BCUT2D eigenvalue weighted by molar-refractivity contribution is 14.1. The molecule has 0 saturated carbocycles. The van der Waals surface area contributed by atoms with Crippen LogP contribution in [0.15, 0.2) is 48.7 Å². The summed E-state index contributed by atoms with van der Waals surface area (Å²) in [5.74, 6) is -0.00546. The van der Waals surface area contributed by atoms with E-state index in [1.54, 1.807) is 18.2 Å². The average Bonchev–Trinajstić information content (AvgIpc) is 2.52. The van der Waals surface area contributed by atoms with Gasteiger partial charge in [0.15, 0.2) is 0 Å². The first-order valence-corrected chi connectivity index (χ1v) is 7.72. The van der Waals surface area contributed by atoms with Crippen molar-refractivity contribution in [3.05, 3.63) is 63.5 Å². The van der Waals surface area contributed by atoms with Crippen molar-refractivity contribution in [1.29, 1.82) is 0 Å². The van der Waals surface area contributed by atoms with E-state index in [9.17, 15) is 4.79 Å². The zero-order chi connectivity index (χ0) is 15.1. The van der Waals surface area contributed by atoms with Crippen LogP contribution < -0.4 is 0 Å². The summed E-state index contributed by atoms with van der Waals surface area (Å²) >= 11 is 2.22. The summed E-state index contributed by atoms with van der Waals surface area (Å²) in [6, 6.07) is 13.3. The van der Waals surface area contributed by atoms with Crippen molar-refractivity contribution in [2.45, 2.75) is 6.54 Å². The van der Waals surface area contributed by atoms with E-state index in [1.165, 1.54) is 0 Å². The molecule has 110 valence electrons. The largest absolute Gasteiger partial charge is 0.383 e. The molecule has 0 aliphatic rings. The van der Waals surface area contributed by atoms with Crippen LogP contribution in [0.1, 0.15) is 16.1 Å². The highest BCUT2D eigenvalue weighted by Gasteiger charge is 2.16. The first-order valence-electron chi connectivity index (χ1n) is 6.64. The SMILES string of the molecule is COCCN(Cc1ccccn1)C(=O)c1ccc(I)cc1. The minimum absolute atomic E-state index is 0.00546. The summed E-state index contributed by atoms with van der Waals surface area (Å²) < 4.78 is 6.21. The first kappa shape index (κ1) is 15.9. The zero-order valence-corrected chi connectivity index (χ0v) is 14.0. The minimum atomic E-state index is -0.00546. The number of methoxy groups -OCH3 is 1. The van der Waals surface area contributed by atoms with Gasteiger partial charge in [-0.25, -0.2) is 0 Å². The van der Waals surface area contributed by atoms with Crippen LogP contribution in [0.25, 0.3) is 0 Å². The normalized spacial score (nSPS) is 10.4. The molecule has 0 bridgehead atoms. The zero-order valence-electron chi connectivity index (χ0n) is 11.8. The monoisotopic (exact) mass is 396 g/mol. The Morgan fingerprint density at radius 1 is 1.24 bits per heavy atom. The average molecular weight is 396 g/mol. The maximum atomic E-state index is 12.6. The lowest BCUT2D eigenvalue weighted by atomic mass is 10.2. The van der Waals surface area contributed by atoms with Gasteiger partial charge >= 0.3 is 0 Å². The number of benzene rings is 1. The second-order valence-electron chi connectivity index (χ2n) is 4.55. The maximum Gasteiger partial charge on any atom is 0.254 e. The van der Waals surface area contributed by atoms with Crippen LogP contribution in [0.2, 0.25) is 0 Å². The molecule has 5 heteroatoms. The second-order valence-corrected chi connectivity index (χ2v) is 5.79. The van der Waals surface area contributed by atoms with Crippen LogP contribution in [0, 0.1) is 3.57 Å². The summed E-state index contributed by atoms with van der Waals surface area (Å²) in [5, 5.41) is 0. The predicted molar refractivity (Wildman–Crippen MR) is 90.0 cm³/mol. The second kappa shape index (κ2) is 8.09. The van der Waals surface area contributed by atoms with Crippen molar-refractivity contribution < 1.29 is 9.53 Å². The molecule has 0 unspecified atom stereocenters. The summed E-state index contributed by atoms with van der Waals surface area (Å²) in [4.78, 5) is 18.6. The molecule has 0 radical (unpaired) electrons. The Labute approximate surface area is 138 Å². The number of hydrogen-bond donors (Lipinski definition) is 0. The fourth-order valence-electron chi connectivity index (χ4n) is 1.92. The van der Waals surface area contributed by atoms with Gasteiger partial charge in [0.2, 0.25) is 0 Å². The van der Waals surface area contributed by atoms with E-state index in [0.717, 1.165) is 9.26 Å². The third-order valence-electron chi connectivity index (χ3n) is 3.02. The van der Waals surface area contributed by atoms with Crippen molar-refractivity contribution in [3.8, 4) is 0 Å². The number of nitrogens with zero attached hydrogens (tertiary/aromatic N) is 2. The number of carbonyl (C=O) groups is 1. The van der Waals surface area contributed by atoms with Crippen LogP contribution in [0.3, 0.4) is 0 Å². The van der Waals surface area contributed by atoms with Crippen LogP contribution in [0.4, 0.5) is 0 Å². The van der Waals surface area contributed by atoms with Gasteiger partial charge in [-0.05, 0) is 59.0 Å². The third kappa shape index (κ3) is 4.78. The molecular weight excluding hydrogens is 379 g/mol. The smallest absolute Gasteiger partial charge is 0.254 e. The van der Waals surface area contributed by atoms with Crippen molar-refractivity contribution in [2.24, 2.45) is 0 Å². The van der Waals surface area contributed by atoms with Crippen LogP contribution >= 0.6 is 22.6 Å². The molecule has 0 spiro atoms. The summed E-state index contributed by atoms with van der Waals surface area (Å²) in [6.07, 6.45) is 1.74. The molecular formula is C16H17IN2O2. The van der Waals surface area contributed by atoms with Gasteiger partial charge in [0, 0.05) is 29.0 Å². The summed E-state index contributed by atoms with van der Waals surface area (Å²) in [6.45, 7) is 1.52. The maximum absolute atomic E-state index is 12.6. The molecule has 1 aromatic heterocycles. The van der Waals surface area contributed by atoms with Gasteiger partial charge in [-0.2, -0.15) is 0 Å². The van der Waals surface area contributed by atoms with Crippen molar-refractivity contribution in [3.63, 3.8) is 0 Å². The predicted octanol–water partition coefficient (Wildman–Crippen LogP) is 2.98. The van der Waals surface area contributed by atoms with Crippen molar-refractivity contribution in [2.75, 3.05) is 20.3 Å². The number of halogens is 1. The molecule has 1 heterocycles. The Balaban J connectivity index is 2.14. The molecule has 1 aromatic carbocycles. The molecule has 1 amide bonds. The molecule has 2 aromatic rings. The molecule has 0 fully saturated rings. The summed E-state index contributed by atoms with van der Waals surface area (Å²) in [5.41, 5.74) is 1.55. The quantitative estimate of drug-likeness (QED) is 0.706. The molecule has 0 saturated heterocycles. The number of pyridine rings is 1. The number of rotatable bonds is 6. The van der Waals surface area contributed by atoms with Crippen LogP contribution in [0.5, 0.6) is 0 Å². The number of carbonyl (C=O) groups excluding carboxylic acids is 1. The lowest BCUT2D eigenvalue weighted by molar-refractivity contribution is 0.0678. The van der Waals surface area contributed by atoms with Gasteiger partial charge in [0.05, 0.1) is 18.8 Å². The third-order valence-corrected chi connectivity index (χ3v) is 3.74. The van der Waals surface area contributed by atoms with E-state index in [2.05, 4.69) is 27.6 Å². The van der Waals surface area contributed by atoms with E-state index in [0.29, 0.717) is 25.3 Å². The fraction of sp³-hybridized carbons (Fsp3) is 0.250. The molecule has 0 atom stereocenters. The Hall–Kier alpha value is -1.47. The van der Waals surface area contributed by atoms with Gasteiger partial charge in [-0.1, -0.05) is 6.07 Å². The number of hydrogen-bond acceptors (Lipinski definition) is 3. The van der Waals surface area contributed by atoms with Gasteiger partial charge in [-0.3, -0.25) is 9.78 Å².